The van der Waals surface area contributed by atoms with E-state index in [2.05, 4.69) is 10.3 Å². The molecule has 0 saturated carbocycles. The Bertz CT molecular complexity index is 1020. The van der Waals surface area contributed by atoms with Crippen LogP contribution in [0.4, 0.5) is 5.69 Å². The largest absolute Gasteiger partial charge is 0.493 e. The number of carbonyl (C=O) groups excluding carboxylic acids is 1. The van der Waals surface area contributed by atoms with E-state index in [1.165, 1.54) is 18.9 Å². The predicted octanol–water partition coefficient (Wildman–Crippen LogP) is 4.11. The van der Waals surface area contributed by atoms with Crippen molar-refractivity contribution in [2.75, 3.05) is 13.7 Å². The summed E-state index contributed by atoms with van der Waals surface area (Å²) in [6.45, 7) is 3.98. The minimum absolute atomic E-state index is 0.0622. The minimum atomic E-state index is -0.196. The quantitative estimate of drug-likeness (QED) is 0.773. The summed E-state index contributed by atoms with van der Waals surface area (Å²) in [7, 11) is 1.53. The lowest BCUT2D eigenvalue weighted by Crippen LogP contribution is -2.19. The number of nitrogens with one attached hydrogen (secondary N) is 1. The second-order valence-electron chi connectivity index (χ2n) is 6.06. The summed E-state index contributed by atoms with van der Waals surface area (Å²) in [5, 5.41) is 12.0. The maximum atomic E-state index is 12.3. The van der Waals surface area contributed by atoms with Crippen LogP contribution in [-0.2, 0) is 4.79 Å². The molecule has 3 rings (SSSR count). The fourth-order valence-corrected chi connectivity index (χ4v) is 3.44. The molecule has 7 heteroatoms. The summed E-state index contributed by atoms with van der Waals surface area (Å²) in [5.41, 5.74) is 3.86. The zero-order valence-electron chi connectivity index (χ0n) is 15.8. The molecule has 1 amide bonds. The molecule has 0 unspecified atom stereocenters. The molecule has 1 aliphatic rings. The molecule has 2 aromatic carbocycles. The Kier molecular flexibility index (Phi) is 6.02. The lowest BCUT2D eigenvalue weighted by Gasteiger charge is -2.09. The first-order valence-corrected chi connectivity index (χ1v) is 9.37. The zero-order chi connectivity index (χ0) is 20.1. The van der Waals surface area contributed by atoms with Crippen LogP contribution >= 0.6 is 11.8 Å². The van der Waals surface area contributed by atoms with Crippen molar-refractivity contribution in [1.82, 2.24) is 5.32 Å². The van der Waals surface area contributed by atoms with Crippen LogP contribution in [-0.4, -0.2) is 24.8 Å². The maximum Gasteiger partial charge on any atom is 0.264 e. The van der Waals surface area contributed by atoms with Gasteiger partial charge in [0, 0.05) is 0 Å². The van der Waals surface area contributed by atoms with E-state index in [9.17, 15) is 4.79 Å². The van der Waals surface area contributed by atoms with Crippen molar-refractivity contribution in [3.63, 3.8) is 0 Å². The molecule has 0 bridgehead atoms. The molecule has 0 aliphatic carbocycles. The monoisotopic (exact) mass is 393 g/mol. The fraction of sp³-hybridized carbons (Fsp3) is 0.190. The van der Waals surface area contributed by atoms with E-state index in [1.54, 1.807) is 24.3 Å². The van der Waals surface area contributed by atoms with E-state index < -0.39 is 0 Å². The van der Waals surface area contributed by atoms with E-state index in [0.717, 1.165) is 22.4 Å². The van der Waals surface area contributed by atoms with Crippen molar-refractivity contribution in [3.05, 3.63) is 58.0 Å². The second-order valence-corrected chi connectivity index (χ2v) is 7.09. The summed E-state index contributed by atoms with van der Waals surface area (Å²) >= 11 is 1.29. The standard InChI is InChI=1S/C21H19N3O3S/c1-13-5-4-6-16(14(13)2)23-21-24-20(25)19(28-21)12-15-7-8-17(27-10-9-22)18(11-15)26-3/h4-8,11-12H,10H2,1-3H3,(H,23,24,25). The van der Waals surface area contributed by atoms with Gasteiger partial charge >= 0.3 is 0 Å². The molecular formula is C21H19N3O3S. The number of nitrogens with zero attached hydrogens (tertiary/aromatic N) is 2. The van der Waals surface area contributed by atoms with Gasteiger partial charge in [-0.15, -0.1) is 0 Å². The van der Waals surface area contributed by atoms with E-state index in [1.807, 2.05) is 38.1 Å². The molecule has 0 atom stereocenters. The third-order valence-electron chi connectivity index (χ3n) is 4.23. The van der Waals surface area contributed by atoms with Gasteiger partial charge in [0.05, 0.1) is 17.7 Å². The maximum absolute atomic E-state index is 12.3. The van der Waals surface area contributed by atoms with Gasteiger partial charge in [0.15, 0.2) is 23.3 Å². The lowest BCUT2D eigenvalue weighted by atomic mass is 10.1. The molecule has 0 radical (unpaired) electrons. The molecule has 2 aromatic rings. The summed E-state index contributed by atoms with van der Waals surface area (Å²) in [5.74, 6) is 0.780. The van der Waals surface area contributed by atoms with Gasteiger partial charge < -0.3 is 14.8 Å². The number of ether oxygens (including phenoxy) is 2. The Balaban J connectivity index is 1.84. The zero-order valence-corrected chi connectivity index (χ0v) is 16.6. The van der Waals surface area contributed by atoms with Gasteiger partial charge in [0.2, 0.25) is 0 Å². The summed E-state index contributed by atoms with van der Waals surface area (Å²) < 4.78 is 10.6. The van der Waals surface area contributed by atoms with Crippen molar-refractivity contribution in [2.45, 2.75) is 13.8 Å². The topological polar surface area (TPSA) is 83.7 Å². The molecule has 1 fully saturated rings. The van der Waals surface area contributed by atoms with Crippen molar-refractivity contribution in [1.29, 1.82) is 5.26 Å². The molecule has 6 nitrogen and oxygen atoms in total. The van der Waals surface area contributed by atoms with Crippen LogP contribution in [0.1, 0.15) is 16.7 Å². The molecule has 0 aromatic heterocycles. The van der Waals surface area contributed by atoms with Crippen LogP contribution in [0.15, 0.2) is 46.3 Å². The van der Waals surface area contributed by atoms with Gasteiger partial charge in [-0.05, 0) is 66.6 Å². The Morgan fingerprint density at radius 2 is 2.07 bits per heavy atom. The third kappa shape index (κ3) is 4.35. The average molecular weight is 393 g/mol. The Morgan fingerprint density at radius 3 is 2.82 bits per heavy atom. The van der Waals surface area contributed by atoms with Gasteiger partial charge in [-0.3, -0.25) is 4.79 Å². The van der Waals surface area contributed by atoms with Gasteiger partial charge in [-0.2, -0.15) is 5.26 Å². The molecule has 1 heterocycles. The molecule has 0 spiro atoms. The number of hydrogen-bond acceptors (Lipinski definition) is 6. The number of thioether (sulfide) groups is 1. The first kappa shape index (κ1) is 19.5. The predicted molar refractivity (Wildman–Crippen MR) is 111 cm³/mol. The van der Waals surface area contributed by atoms with E-state index in [0.29, 0.717) is 21.6 Å². The molecule has 1 aliphatic heterocycles. The number of amides is 1. The number of amidine groups is 1. The van der Waals surface area contributed by atoms with Crippen LogP contribution in [0.25, 0.3) is 6.08 Å². The van der Waals surface area contributed by atoms with E-state index >= 15 is 0 Å². The minimum Gasteiger partial charge on any atom is -0.493 e. The molecule has 28 heavy (non-hydrogen) atoms. The van der Waals surface area contributed by atoms with Crippen LogP contribution in [0.2, 0.25) is 0 Å². The highest BCUT2D eigenvalue weighted by Gasteiger charge is 2.24. The molecule has 1 saturated heterocycles. The summed E-state index contributed by atoms with van der Waals surface area (Å²) in [6.07, 6.45) is 1.77. The highest BCUT2D eigenvalue weighted by atomic mass is 32.2. The lowest BCUT2D eigenvalue weighted by molar-refractivity contribution is -0.115. The van der Waals surface area contributed by atoms with Crippen LogP contribution in [0.5, 0.6) is 11.5 Å². The second kappa shape index (κ2) is 8.63. The number of aliphatic imine (C=N–C) groups is 1. The van der Waals surface area contributed by atoms with E-state index in [-0.39, 0.29) is 12.5 Å². The van der Waals surface area contributed by atoms with Crippen molar-refractivity contribution in [2.24, 2.45) is 4.99 Å². The Labute approximate surface area is 167 Å². The summed E-state index contributed by atoms with van der Waals surface area (Å²) in [6, 6.07) is 13.1. The smallest absolute Gasteiger partial charge is 0.264 e. The van der Waals surface area contributed by atoms with Crippen LogP contribution < -0.4 is 14.8 Å². The fourth-order valence-electron chi connectivity index (χ4n) is 2.60. The van der Waals surface area contributed by atoms with Gasteiger partial charge in [0.25, 0.3) is 5.91 Å². The first-order chi connectivity index (χ1) is 13.5. The van der Waals surface area contributed by atoms with Crippen LogP contribution in [0, 0.1) is 25.2 Å². The number of rotatable bonds is 5. The highest BCUT2D eigenvalue weighted by Crippen LogP contribution is 2.32. The molecule has 1 N–H and O–H groups in total. The third-order valence-corrected chi connectivity index (χ3v) is 5.14. The van der Waals surface area contributed by atoms with Crippen LogP contribution in [0.3, 0.4) is 0 Å². The Hall–Kier alpha value is -3.24. The average Bonchev–Trinajstić information content (AvgIpc) is 3.03. The summed E-state index contributed by atoms with van der Waals surface area (Å²) in [4.78, 5) is 17.4. The van der Waals surface area contributed by atoms with Crippen molar-refractivity contribution in [3.8, 4) is 17.6 Å². The number of hydrogen-bond donors (Lipinski definition) is 1. The van der Waals surface area contributed by atoms with Gasteiger partial charge in [-0.25, -0.2) is 4.99 Å². The molecular weight excluding hydrogens is 374 g/mol. The number of carbonyl (C=O) groups is 1. The number of benzene rings is 2. The number of methoxy groups -OCH3 is 1. The normalized spacial score (nSPS) is 16.1. The van der Waals surface area contributed by atoms with E-state index in [4.69, 9.17) is 14.7 Å². The SMILES string of the molecule is COc1cc(C=C2SC(=Nc3cccc(C)c3C)NC2=O)ccc1OCC#N. The van der Waals surface area contributed by atoms with Crippen molar-refractivity contribution < 1.29 is 14.3 Å². The van der Waals surface area contributed by atoms with Crippen molar-refractivity contribution >= 4 is 34.6 Å². The highest BCUT2D eigenvalue weighted by molar-refractivity contribution is 8.18. The van der Waals surface area contributed by atoms with Gasteiger partial charge in [0.1, 0.15) is 6.07 Å². The number of nitriles is 1. The first-order valence-electron chi connectivity index (χ1n) is 8.55. The molecule has 142 valence electrons. The number of aryl methyl sites for hydroxylation is 1. The Morgan fingerprint density at radius 1 is 1.25 bits per heavy atom. The van der Waals surface area contributed by atoms with Gasteiger partial charge in [-0.1, -0.05) is 18.2 Å².